The predicted octanol–water partition coefficient (Wildman–Crippen LogP) is 4.06. The van der Waals surface area contributed by atoms with E-state index in [9.17, 15) is 0 Å². The van der Waals surface area contributed by atoms with Crippen LogP contribution in [0.2, 0.25) is 0 Å². The van der Waals surface area contributed by atoms with Gasteiger partial charge in [0.15, 0.2) is 0 Å². The summed E-state index contributed by atoms with van der Waals surface area (Å²) in [7, 11) is 2.27. The number of nitrogens with one attached hydrogen (secondary N) is 1. The average molecular weight is 275 g/mol. The number of hydrogen-bond donors (Lipinski definition) is 1. The predicted molar refractivity (Wildman–Crippen MR) is 86.0 cm³/mol. The van der Waals surface area contributed by atoms with Crippen LogP contribution in [0.1, 0.15) is 57.4 Å². The third-order valence-electron chi connectivity index (χ3n) is 4.26. The summed E-state index contributed by atoms with van der Waals surface area (Å²) in [5, 5.41) is 3.37. The fourth-order valence-corrected chi connectivity index (χ4v) is 3.04. The number of aromatic nitrogens is 1. The lowest BCUT2D eigenvalue weighted by molar-refractivity contribution is 0.213. The van der Waals surface area contributed by atoms with Crippen molar-refractivity contribution in [3.63, 3.8) is 0 Å². The normalized spacial score (nSPS) is 17.1. The molecule has 1 saturated carbocycles. The molecule has 112 valence electrons. The molecule has 3 heteroatoms. The van der Waals surface area contributed by atoms with Crippen molar-refractivity contribution in [2.75, 3.05) is 18.9 Å². The molecule has 1 aliphatic rings. The van der Waals surface area contributed by atoms with E-state index in [1.54, 1.807) is 0 Å². The van der Waals surface area contributed by atoms with Crippen LogP contribution >= 0.6 is 0 Å². The second-order valence-electron chi connectivity index (χ2n) is 6.04. The molecule has 0 aliphatic heterocycles. The Bertz CT molecular complexity index is 384. The fourth-order valence-electron chi connectivity index (χ4n) is 3.04. The minimum atomic E-state index is 0.762. The maximum atomic E-state index is 4.38. The molecule has 1 N–H and O–H groups in total. The van der Waals surface area contributed by atoms with Gasteiger partial charge < -0.3 is 5.32 Å². The smallest absolute Gasteiger partial charge is 0.126 e. The highest BCUT2D eigenvalue weighted by Gasteiger charge is 2.16. The second-order valence-corrected chi connectivity index (χ2v) is 6.04. The highest BCUT2D eigenvalue weighted by atomic mass is 15.1. The lowest BCUT2D eigenvalue weighted by atomic mass is 10.1. The van der Waals surface area contributed by atoms with Gasteiger partial charge in [-0.2, -0.15) is 0 Å². The van der Waals surface area contributed by atoms with Gasteiger partial charge in [0, 0.05) is 25.3 Å². The van der Waals surface area contributed by atoms with Crippen LogP contribution in [0.15, 0.2) is 18.3 Å². The van der Waals surface area contributed by atoms with Gasteiger partial charge in [-0.25, -0.2) is 4.98 Å². The molecule has 0 aromatic carbocycles. The standard InChI is InChI=1S/C17H29N3/c1-3-11-18-17-13-15(10-12-19-17)14-20(2)16-8-6-4-5-7-9-16/h10,12-13,16H,3-9,11,14H2,1-2H3,(H,18,19). The molecular formula is C17H29N3. The number of anilines is 1. The van der Waals surface area contributed by atoms with Crippen molar-refractivity contribution in [1.82, 2.24) is 9.88 Å². The Labute approximate surface area is 123 Å². The summed E-state index contributed by atoms with van der Waals surface area (Å²) in [5.74, 6) is 1.01. The van der Waals surface area contributed by atoms with Gasteiger partial charge in [0.1, 0.15) is 5.82 Å². The Hall–Kier alpha value is -1.09. The first-order valence-corrected chi connectivity index (χ1v) is 8.18. The van der Waals surface area contributed by atoms with Crippen LogP contribution < -0.4 is 5.32 Å². The minimum Gasteiger partial charge on any atom is -0.370 e. The summed E-state index contributed by atoms with van der Waals surface area (Å²) < 4.78 is 0. The van der Waals surface area contributed by atoms with Crippen molar-refractivity contribution >= 4 is 5.82 Å². The van der Waals surface area contributed by atoms with Crippen molar-refractivity contribution in [3.05, 3.63) is 23.9 Å². The third kappa shape index (κ3) is 4.78. The van der Waals surface area contributed by atoms with E-state index in [2.05, 4.69) is 41.3 Å². The quantitative estimate of drug-likeness (QED) is 0.794. The summed E-state index contributed by atoms with van der Waals surface area (Å²) in [4.78, 5) is 6.91. The molecule has 3 nitrogen and oxygen atoms in total. The number of hydrogen-bond acceptors (Lipinski definition) is 3. The first-order valence-electron chi connectivity index (χ1n) is 8.18. The molecule has 0 bridgehead atoms. The number of nitrogens with zero attached hydrogens (tertiary/aromatic N) is 2. The monoisotopic (exact) mass is 275 g/mol. The lowest BCUT2D eigenvalue weighted by Crippen LogP contribution is -2.30. The van der Waals surface area contributed by atoms with E-state index in [-0.39, 0.29) is 0 Å². The molecule has 1 aromatic rings. The molecule has 2 rings (SSSR count). The van der Waals surface area contributed by atoms with E-state index < -0.39 is 0 Å². The first-order chi connectivity index (χ1) is 9.79. The number of pyridine rings is 1. The highest BCUT2D eigenvalue weighted by molar-refractivity contribution is 5.37. The average Bonchev–Trinajstić information content (AvgIpc) is 2.74. The lowest BCUT2D eigenvalue weighted by Gasteiger charge is -2.27. The summed E-state index contributed by atoms with van der Waals surface area (Å²) in [6.07, 6.45) is 11.4. The largest absolute Gasteiger partial charge is 0.370 e. The first kappa shape index (κ1) is 15.3. The van der Waals surface area contributed by atoms with Gasteiger partial charge in [-0.1, -0.05) is 32.6 Å². The van der Waals surface area contributed by atoms with E-state index >= 15 is 0 Å². The van der Waals surface area contributed by atoms with Gasteiger partial charge in [0.2, 0.25) is 0 Å². The Kier molecular flexibility index (Phi) is 6.31. The van der Waals surface area contributed by atoms with Crippen molar-refractivity contribution in [3.8, 4) is 0 Å². The van der Waals surface area contributed by atoms with Crippen molar-refractivity contribution < 1.29 is 0 Å². The zero-order valence-electron chi connectivity index (χ0n) is 13.1. The van der Waals surface area contributed by atoms with Crippen LogP contribution in [0.3, 0.4) is 0 Å². The molecule has 1 fully saturated rings. The van der Waals surface area contributed by atoms with Gasteiger partial charge in [-0.3, -0.25) is 4.90 Å². The van der Waals surface area contributed by atoms with Crippen LogP contribution in [-0.2, 0) is 6.54 Å². The van der Waals surface area contributed by atoms with Crippen molar-refractivity contribution in [1.29, 1.82) is 0 Å². The van der Waals surface area contributed by atoms with E-state index in [0.717, 1.165) is 31.4 Å². The van der Waals surface area contributed by atoms with Crippen molar-refractivity contribution in [2.45, 2.75) is 64.5 Å². The summed E-state index contributed by atoms with van der Waals surface area (Å²) in [6.45, 7) is 4.21. The molecule has 1 aromatic heterocycles. The van der Waals surface area contributed by atoms with Crippen LogP contribution in [0, 0.1) is 0 Å². The molecule has 1 aliphatic carbocycles. The van der Waals surface area contributed by atoms with E-state index in [1.807, 2.05) is 6.20 Å². The van der Waals surface area contributed by atoms with Gasteiger partial charge in [0.25, 0.3) is 0 Å². The zero-order chi connectivity index (χ0) is 14.2. The van der Waals surface area contributed by atoms with Crippen LogP contribution in [0.4, 0.5) is 5.82 Å². The van der Waals surface area contributed by atoms with Gasteiger partial charge in [-0.15, -0.1) is 0 Å². The molecule has 20 heavy (non-hydrogen) atoms. The van der Waals surface area contributed by atoms with E-state index in [4.69, 9.17) is 0 Å². The van der Waals surface area contributed by atoms with Crippen LogP contribution in [-0.4, -0.2) is 29.5 Å². The van der Waals surface area contributed by atoms with Gasteiger partial charge >= 0.3 is 0 Å². The minimum absolute atomic E-state index is 0.762. The van der Waals surface area contributed by atoms with Crippen molar-refractivity contribution in [2.24, 2.45) is 0 Å². The highest BCUT2D eigenvalue weighted by Crippen LogP contribution is 2.22. The molecule has 1 heterocycles. The van der Waals surface area contributed by atoms with E-state index in [0.29, 0.717) is 0 Å². The Morgan fingerprint density at radius 3 is 2.70 bits per heavy atom. The molecule has 0 saturated heterocycles. The van der Waals surface area contributed by atoms with Crippen LogP contribution in [0.5, 0.6) is 0 Å². The maximum Gasteiger partial charge on any atom is 0.126 e. The van der Waals surface area contributed by atoms with Crippen LogP contribution in [0.25, 0.3) is 0 Å². The van der Waals surface area contributed by atoms with E-state index in [1.165, 1.54) is 44.1 Å². The fraction of sp³-hybridized carbons (Fsp3) is 0.706. The SMILES string of the molecule is CCCNc1cc(CN(C)C2CCCCCC2)ccn1. The molecule has 0 unspecified atom stereocenters. The Morgan fingerprint density at radius 2 is 2.00 bits per heavy atom. The number of rotatable bonds is 6. The third-order valence-corrected chi connectivity index (χ3v) is 4.26. The molecule has 0 atom stereocenters. The molecule has 0 spiro atoms. The topological polar surface area (TPSA) is 28.2 Å². The maximum absolute atomic E-state index is 4.38. The Balaban J connectivity index is 1.90. The molecule has 0 radical (unpaired) electrons. The van der Waals surface area contributed by atoms with Gasteiger partial charge in [-0.05, 0) is 44.0 Å². The Morgan fingerprint density at radius 1 is 1.25 bits per heavy atom. The molecular weight excluding hydrogens is 246 g/mol. The summed E-state index contributed by atoms with van der Waals surface area (Å²) in [5.41, 5.74) is 1.37. The molecule has 0 amide bonds. The summed E-state index contributed by atoms with van der Waals surface area (Å²) >= 11 is 0. The second kappa shape index (κ2) is 8.25. The van der Waals surface area contributed by atoms with Gasteiger partial charge in [0.05, 0.1) is 0 Å². The zero-order valence-corrected chi connectivity index (χ0v) is 13.1. The summed E-state index contributed by atoms with van der Waals surface area (Å²) in [6, 6.07) is 5.10.